The molecule has 0 unspecified atom stereocenters. The highest BCUT2D eigenvalue weighted by Crippen LogP contribution is 2.57. The van der Waals surface area contributed by atoms with Crippen LogP contribution in [0.2, 0.25) is 0 Å². The number of carbonyl (C=O) groups excluding carboxylic acids is 4. The Bertz CT molecular complexity index is 1640. The minimum atomic E-state index is -0.675. The number of carbonyl (C=O) groups is 4. The van der Waals surface area contributed by atoms with E-state index < -0.39 is 23.7 Å². The Morgan fingerprint density at radius 1 is 1.02 bits per heavy atom. The minimum absolute atomic E-state index is 0.108. The van der Waals surface area contributed by atoms with Gasteiger partial charge in [0, 0.05) is 30.7 Å². The van der Waals surface area contributed by atoms with Crippen molar-refractivity contribution in [2.75, 3.05) is 12.0 Å². The molecule has 10 heteroatoms. The van der Waals surface area contributed by atoms with E-state index in [9.17, 15) is 24.3 Å². The number of anilines is 1. The van der Waals surface area contributed by atoms with Crippen molar-refractivity contribution in [2.45, 2.75) is 25.7 Å². The van der Waals surface area contributed by atoms with Gasteiger partial charge in [0.2, 0.25) is 11.8 Å². The zero-order chi connectivity index (χ0) is 28.6. The molecule has 2 amide bonds. The number of fused-ring (bicyclic) bond motifs is 3. The fraction of sp³-hybridized carbons (Fsp3) is 0.267. The van der Waals surface area contributed by atoms with Crippen molar-refractivity contribution in [3.8, 4) is 11.5 Å². The average Bonchev–Trinajstić information content (AvgIpc) is 3.20. The van der Waals surface area contributed by atoms with Crippen LogP contribution in [0.3, 0.4) is 0 Å². The fourth-order valence-corrected chi connectivity index (χ4v) is 7.87. The van der Waals surface area contributed by atoms with Gasteiger partial charge in [-0.05, 0) is 122 Å². The van der Waals surface area contributed by atoms with Crippen molar-refractivity contribution < 1.29 is 29.0 Å². The Morgan fingerprint density at radius 2 is 1.73 bits per heavy atom. The number of hydrogen-bond acceptors (Lipinski definition) is 6. The van der Waals surface area contributed by atoms with E-state index in [-0.39, 0.29) is 41.3 Å². The summed E-state index contributed by atoms with van der Waals surface area (Å²) >= 11 is 9.17. The molecule has 0 spiro atoms. The molecule has 1 fully saturated rings. The molecule has 7 nitrogen and oxygen atoms in total. The molecule has 4 aliphatic rings. The first-order valence-electron chi connectivity index (χ1n) is 12.6. The third-order valence-corrected chi connectivity index (χ3v) is 11.2. The molecule has 2 aromatic carbocycles. The van der Waals surface area contributed by atoms with Gasteiger partial charge in [-0.15, -0.1) is 0 Å². The Morgan fingerprint density at radius 3 is 2.40 bits per heavy atom. The van der Waals surface area contributed by atoms with E-state index in [0.29, 0.717) is 43.3 Å². The number of nitrogens with zero attached hydrogens (tertiary/aromatic N) is 1. The van der Waals surface area contributed by atoms with E-state index in [0.717, 1.165) is 9.14 Å². The summed E-state index contributed by atoms with van der Waals surface area (Å²) in [6.07, 6.45) is 3.86. The number of phenolic OH excluding ortho intramolecular Hbond substituents is 1. The second-order valence-corrected chi connectivity index (χ2v) is 13.2. The van der Waals surface area contributed by atoms with E-state index in [4.69, 9.17) is 4.74 Å². The third-order valence-electron chi connectivity index (χ3n) is 8.35. The monoisotopic (exact) mass is 777 g/mol. The van der Waals surface area contributed by atoms with E-state index in [1.807, 2.05) is 18.2 Å². The zero-order valence-electron chi connectivity index (χ0n) is 21.3. The van der Waals surface area contributed by atoms with Gasteiger partial charge in [-0.1, -0.05) is 11.6 Å². The standard InChI is InChI=1S/C30H22Br2INO6/c1-12-9-20(35)24-19(27(12)36)10-17-15(22(24)18-11-21(40-2)28(37)26(32)25(18)31)7-8-16-23(17)30(39)34(29(16)38)14-5-3-13(33)4-6-14/h3-7,9,11,16-17,22-23,37H,8,10H2,1-2H3/t16-,17+,22+,23-/m0/s1. The summed E-state index contributed by atoms with van der Waals surface area (Å²) in [7, 11) is 1.43. The minimum Gasteiger partial charge on any atom is -0.503 e. The topological polar surface area (TPSA) is 101 Å². The molecular weight excluding hydrogens is 757 g/mol. The number of aromatic hydroxyl groups is 1. The Kier molecular flexibility index (Phi) is 6.94. The van der Waals surface area contributed by atoms with Gasteiger partial charge < -0.3 is 9.84 Å². The SMILES string of the molecule is COc1cc([C@H]2C3=CC[C@@H]4C(=O)N(c5ccc(I)cc5)C(=O)[C@@H]4[C@@H]3CC3=C2C(=O)C=C(C)C3=O)c(Br)c(Br)c1O. The highest BCUT2D eigenvalue weighted by molar-refractivity contribution is 14.1. The predicted molar refractivity (Wildman–Crippen MR) is 163 cm³/mol. The highest BCUT2D eigenvalue weighted by Gasteiger charge is 2.56. The van der Waals surface area contributed by atoms with Crippen LogP contribution in [-0.4, -0.2) is 35.6 Å². The molecule has 3 aliphatic carbocycles. The summed E-state index contributed by atoms with van der Waals surface area (Å²) in [6, 6.07) is 8.89. The molecule has 204 valence electrons. The lowest BCUT2D eigenvalue weighted by molar-refractivity contribution is -0.123. The van der Waals surface area contributed by atoms with Crippen molar-refractivity contribution >= 4 is 83.5 Å². The summed E-state index contributed by atoms with van der Waals surface area (Å²) in [4.78, 5) is 55.9. The van der Waals surface area contributed by atoms with Gasteiger partial charge in [0.25, 0.3) is 0 Å². The Labute approximate surface area is 260 Å². The molecule has 40 heavy (non-hydrogen) atoms. The Hall–Kier alpha value is -2.57. The van der Waals surface area contributed by atoms with E-state index in [1.165, 1.54) is 18.1 Å². The number of hydrogen-bond donors (Lipinski definition) is 1. The molecule has 0 aromatic heterocycles. The van der Waals surface area contributed by atoms with Crippen LogP contribution >= 0.6 is 54.5 Å². The number of rotatable bonds is 3. The lowest BCUT2D eigenvalue weighted by atomic mass is 9.59. The van der Waals surface area contributed by atoms with Crippen molar-refractivity contribution in [3.63, 3.8) is 0 Å². The molecule has 1 saturated heterocycles. The summed E-state index contributed by atoms with van der Waals surface area (Å²) in [5.74, 6) is -3.30. The number of Topliss-reactive ketones (excluding diaryl/α,β-unsaturated/α-hetero) is 1. The Balaban J connectivity index is 1.53. The van der Waals surface area contributed by atoms with E-state index in [1.54, 1.807) is 25.1 Å². The molecule has 1 heterocycles. The van der Waals surface area contributed by atoms with E-state index >= 15 is 0 Å². The van der Waals surface area contributed by atoms with Crippen LogP contribution in [0.4, 0.5) is 5.69 Å². The normalized spacial score (nSPS) is 25.9. The fourth-order valence-electron chi connectivity index (χ4n) is 6.56. The number of ketones is 2. The summed E-state index contributed by atoms with van der Waals surface area (Å²) in [6.45, 7) is 1.62. The molecule has 6 rings (SSSR count). The number of benzene rings is 2. The summed E-state index contributed by atoms with van der Waals surface area (Å²) in [5, 5.41) is 10.6. The van der Waals surface area contributed by atoms with Crippen LogP contribution in [0, 0.1) is 21.3 Å². The maximum Gasteiger partial charge on any atom is 0.238 e. The number of ether oxygens (including phenoxy) is 1. The number of halogens is 3. The van der Waals surface area contributed by atoms with Gasteiger partial charge in [0.1, 0.15) is 0 Å². The molecular formula is C30H22Br2INO6. The van der Waals surface area contributed by atoms with Crippen molar-refractivity contribution in [1.82, 2.24) is 0 Å². The van der Waals surface area contributed by atoms with Gasteiger partial charge >= 0.3 is 0 Å². The lowest BCUT2D eigenvalue weighted by Crippen LogP contribution is -2.40. The summed E-state index contributed by atoms with van der Waals surface area (Å²) < 4.78 is 7.26. The van der Waals surface area contributed by atoms with Crippen LogP contribution in [0.1, 0.15) is 31.2 Å². The number of phenols is 1. The van der Waals surface area contributed by atoms with Crippen molar-refractivity contribution in [3.05, 3.63) is 82.9 Å². The van der Waals surface area contributed by atoms with Gasteiger partial charge in [0.05, 0.1) is 29.1 Å². The number of allylic oxidation sites excluding steroid dienone is 6. The largest absolute Gasteiger partial charge is 0.503 e. The molecule has 1 N–H and O–H groups in total. The van der Waals surface area contributed by atoms with Gasteiger partial charge in [0.15, 0.2) is 23.1 Å². The first-order chi connectivity index (χ1) is 19.0. The molecule has 0 bridgehead atoms. The first kappa shape index (κ1) is 27.6. The first-order valence-corrected chi connectivity index (χ1v) is 15.3. The number of imide groups is 1. The van der Waals surface area contributed by atoms with Crippen LogP contribution in [0.25, 0.3) is 0 Å². The maximum absolute atomic E-state index is 14.0. The maximum atomic E-state index is 14.0. The van der Waals surface area contributed by atoms with Crippen LogP contribution in [-0.2, 0) is 19.2 Å². The molecule has 0 radical (unpaired) electrons. The second kappa shape index (κ2) is 10.1. The average molecular weight is 779 g/mol. The molecule has 4 atom stereocenters. The van der Waals surface area contributed by atoms with Gasteiger partial charge in [-0.2, -0.15) is 0 Å². The van der Waals surface area contributed by atoms with Crippen LogP contribution in [0.15, 0.2) is 73.7 Å². The molecule has 2 aromatic rings. The zero-order valence-corrected chi connectivity index (χ0v) is 26.7. The predicted octanol–water partition coefficient (Wildman–Crippen LogP) is 6.16. The van der Waals surface area contributed by atoms with Gasteiger partial charge in [-0.3, -0.25) is 24.1 Å². The van der Waals surface area contributed by atoms with Crippen molar-refractivity contribution in [2.24, 2.45) is 17.8 Å². The highest BCUT2D eigenvalue weighted by atomic mass is 127. The second-order valence-electron chi connectivity index (χ2n) is 10.4. The molecule has 0 saturated carbocycles. The smallest absolute Gasteiger partial charge is 0.238 e. The van der Waals surface area contributed by atoms with Crippen LogP contribution in [0.5, 0.6) is 11.5 Å². The van der Waals surface area contributed by atoms with Gasteiger partial charge in [-0.25, -0.2) is 0 Å². The number of amides is 2. The number of methoxy groups -OCH3 is 1. The van der Waals surface area contributed by atoms with E-state index in [2.05, 4.69) is 54.5 Å². The summed E-state index contributed by atoms with van der Waals surface area (Å²) in [5.41, 5.74) is 3.05. The molecule has 1 aliphatic heterocycles. The van der Waals surface area contributed by atoms with Crippen molar-refractivity contribution in [1.29, 1.82) is 0 Å². The lowest BCUT2D eigenvalue weighted by Gasteiger charge is -2.42. The third kappa shape index (κ3) is 4.00. The quantitative estimate of drug-likeness (QED) is 0.174. The van der Waals surface area contributed by atoms with Crippen LogP contribution < -0.4 is 9.64 Å².